The summed E-state index contributed by atoms with van der Waals surface area (Å²) in [6, 6.07) is 0. The SMILES string of the molecule is C=C.C=C(CC)C1CCN=C1C.CCCCCC. The van der Waals surface area contributed by atoms with Crippen molar-refractivity contribution in [2.45, 2.75) is 66.2 Å². The van der Waals surface area contributed by atoms with Crippen LogP contribution < -0.4 is 0 Å². The topological polar surface area (TPSA) is 12.4 Å². The third-order valence-electron chi connectivity index (χ3n) is 3.19. The molecule has 0 aromatic rings. The molecule has 1 nitrogen and oxygen atoms in total. The standard InChI is InChI=1S/C9H15N.C6H14.C2H4/c1-4-7(2)9-5-6-10-8(9)3;1-3-5-6-4-2;1-2/h9H,2,4-6H2,1,3H3;3-6H2,1-2H3;1-2H2. The zero-order valence-corrected chi connectivity index (χ0v) is 13.1. The highest BCUT2D eigenvalue weighted by atomic mass is 14.8. The Kier molecular flexibility index (Phi) is 15.4. The van der Waals surface area contributed by atoms with E-state index in [1.807, 2.05) is 0 Å². The zero-order valence-electron chi connectivity index (χ0n) is 13.1. The maximum atomic E-state index is 4.34. The van der Waals surface area contributed by atoms with Gasteiger partial charge in [0.2, 0.25) is 0 Å². The van der Waals surface area contributed by atoms with Crippen molar-refractivity contribution in [1.82, 2.24) is 0 Å². The average Bonchev–Trinajstić information content (AvgIpc) is 2.85. The zero-order chi connectivity index (χ0) is 14.4. The van der Waals surface area contributed by atoms with Gasteiger partial charge in [0.1, 0.15) is 0 Å². The molecule has 1 aliphatic heterocycles. The molecule has 0 amide bonds. The lowest BCUT2D eigenvalue weighted by Crippen LogP contribution is -2.07. The summed E-state index contributed by atoms with van der Waals surface area (Å²) in [6.07, 6.45) is 7.82. The number of nitrogens with zero attached hydrogens (tertiary/aromatic N) is 1. The van der Waals surface area contributed by atoms with Gasteiger partial charge in [-0.1, -0.05) is 58.6 Å². The monoisotopic (exact) mass is 251 g/mol. The summed E-state index contributed by atoms with van der Waals surface area (Å²) in [5, 5.41) is 0. The Labute approximate surface area is 115 Å². The largest absolute Gasteiger partial charge is 0.294 e. The van der Waals surface area contributed by atoms with Gasteiger partial charge in [-0.2, -0.15) is 0 Å². The van der Waals surface area contributed by atoms with Crippen molar-refractivity contribution >= 4 is 5.71 Å². The van der Waals surface area contributed by atoms with Crippen LogP contribution in [0.25, 0.3) is 0 Å². The summed E-state index contributed by atoms with van der Waals surface area (Å²) < 4.78 is 0. The number of unbranched alkanes of at least 4 members (excludes halogenated alkanes) is 3. The molecular weight excluding hydrogens is 218 g/mol. The Morgan fingerprint density at radius 2 is 1.67 bits per heavy atom. The van der Waals surface area contributed by atoms with E-state index in [1.165, 1.54) is 43.4 Å². The summed E-state index contributed by atoms with van der Waals surface area (Å²) in [5.74, 6) is 0.602. The molecule has 0 bridgehead atoms. The molecule has 0 saturated heterocycles. The van der Waals surface area contributed by atoms with Crippen molar-refractivity contribution in [3.8, 4) is 0 Å². The molecule has 0 aliphatic carbocycles. The molecule has 1 aliphatic rings. The summed E-state index contributed by atoms with van der Waals surface area (Å²) in [4.78, 5) is 4.34. The predicted octanol–water partition coefficient (Wildman–Crippen LogP) is 5.82. The van der Waals surface area contributed by atoms with Crippen molar-refractivity contribution in [2.24, 2.45) is 10.9 Å². The maximum absolute atomic E-state index is 4.34. The van der Waals surface area contributed by atoms with Crippen LogP contribution >= 0.6 is 0 Å². The number of hydrogen-bond acceptors (Lipinski definition) is 1. The third kappa shape index (κ3) is 9.21. The fourth-order valence-corrected chi connectivity index (χ4v) is 1.94. The fourth-order valence-electron chi connectivity index (χ4n) is 1.94. The van der Waals surface area contributed by atoms with E-state index < -0.39 is 0 Å². The van der Waals surface area contributed by atoms with Gasteiger partial charge in [0.05, 0.1) is 0 Å². The first-order valence-electron chi connectivity index (χ1n) is 7.35. The second kappa shape index (κ2) is 14.2. The minimum atomic E-state index is 0.602. The van der Waals surface area contributed by atoms with E-state index in [0.717, 1.165) is 13.0 Å². The number of allylic oxidation sites excluding steroid dienone is 1. The van der Waals surface area contributed by atoms with Gasteiger partial charge in [-0.25, -0.2) is 0 Å². The summed E-state index contributed by atoms with van der Waals surface area (Å²) >= 11 is 0. The van der Waals surface area contributed by atoms with Crippen LogP contribution in [0, 0.1) is 5.92 Å². The Morgan fingerprint density at radius 3 is 1.94 bits per heavy atom. The molecule has 0 saturated carbocycles. The Hall–Kier alpha value is -0.850. The van der Waals surface area contributed by atoms with Crippen LogP contribution in [0.2, 0.25) is 0 Å². The molecule has 1 unspecified atom stereocenters. The van der Waals surface area contributed by atoms with E-state index >= 15 is 0 Å². The highest BCUT2D eigenvalue weighted by molar-refractivity contribution is 5.88. The van der Waals surface area contributed by atoms with Gasteiger partial charge in [0, 0.05) is 18.2 Å². The van der Waals surface area contributed by atoms with Crippen molar-refractivity contribution < 1.29 is 0 Å². The highest BCUT2D eigenvalue weighted by Crippen LogP contribution is 2.22. The minimum absolute atomic E-state index is 0.602. The molecular formula is C17H33N. The highest BCUT2D eigenvalue weighted by Gasteiger charge is 2.18. The molecule has 18 heavy (non-hydrogen) atoms. The van der Waals surface area contributed by atoms with Crippen molar-refractivity contribution in [3.05, 3.63) is 25.3 Å². The lowest BCUT2D eigenvalue weighted by Gasteiger charge is -2.10. The smallest absolute Gasteiger partial charge is 0.0398 e. The molecule has 0 radical (unpaired) electrons. The molecule has 106 valence electrons. The van der Waals surface area contributed by atoms with E-state index in [2.05, 4.69) is 52.4 Å². The van der Waals surface area contributed by atoms with Gasteiger partial charge in [-0.3, -0.25) is 4.99 Å². The van der Waals surface area contributed by atoms with Crippen LogP contribution in [0.3, 0.4) is 0 Å². The van der Waals surface area contributed by atoms with Crippen LogP contribution in [0.5, 0.6) is 0 Å². The first-order valence-corrected chi connectivity index (χ1v) is 7.35. The van der Waals surface area contributed by atoms with Crippen LogP contribution in [0.15, 0.2) is 30.3 Å². The van der Waals surface area contributed by atoms with Gasteiger partial charge in [-0.15, -0.1) is 13.2 Å². The first kappa shape index (κ1) is 19.5. The van der Waals surface area contributed by atoms with Gasteiger partial charge < -0.3 is 0 Å². The number of hydrogen-bond donors (Lipinski definition) is 0. The Bertz CT molecular complexity index is 224. The molecule has 1 atom stereocenters. The molecule has 0 aromatic heterocycles. The lowest BCUT2D eigenvalue weighted by atomic mass is 9.93. The van der Waals surface area contributed by atoms with Gasteiger partial charge in [0.15, 0.2) is 0 Å². The van der Waals surface area contributed by atoms with Gasteiger partial charge in [-0.05, 0) is 19.8 Å². The summed E-state index contributed by atoms with van der Waals surface area (Å²) in [6.45, 7) is 19.8. The number of aliphatic imine (C=N–C) groups is 1. The predicted molar refractivity (Wildman–Crippen MR) is 86.6 cm³/mol. The maximum Gasteiger partial charge on any atom is 0.0398 e. The Morgan fingerprint density at radius 1 is 1.17 bits per heavy atom. The van der Waals surface area contributed by atoms with Gasteiger partial charge in [0.25, 0.3) is 0 Å². The summed E-state index contributed by atoms with van der Waals surface area (Å²) in [5.41, 5.74) is 2.63. The molecule has 0 N–H and O–H groups in total. The van der Waals surface area contributed by atoms with Crippen LogP contribution in [-0.4, -0.2) is 12.3 Å². The van der Waals surface area contributed by atoms with E-state index in [-0.39, 0.29) is 0 Å². The van der Waals surface area contributed by atoms with E-state index in [0.29, 0.717) is 5.92 Å². The van der Waals surface area contributed by atoms with Gasteiger partial charge >= 0.3 is 0 Å². The molecule has 1 rings (SSSR count). The van der Waals surface area contributed by atoms with Crippen LogP contribution in [-0.2, 0) is 0 Å². The summed E-state index contributed by atoms with van der Waals surface area (Å²) in [7, 11) is 0. The van der Waals surface area contributed by atoms with Crippen LogP contribution in [0.4, 0.5) is 0 Å². The quantitative estimate of drug-likeness (QED) is 0.431. The average molecular weight is 251 g/mol. The third-order valence-corrected chi connectivity index (χ3v) is 3.19. The normalized spacial score (nSPS) is 16.9. The van der Waals surface area contributed by atoms with E-state index in [4.69, 9.17) is 0 Å². The minimum Gasteiger partial charge on any atom is -0.294 e. The van der Waals surface area contributed by atoms with Crippen molar-refractivity contribution in [2.75, 3.05) is 6.54 Å². The fraction of sp³-hybridized carbons (Fsp3) is 0.706. The molecule has 1 heteroatoms. The molecule has 0 aromatic carbocycles. The van der Waals surface area contributed by atoms with Crippen molar-refractivity contribution in [3.63, 3.8) is 0 Å². The lowest BCUT2D eigenvalue weighted by molar-refractivity contribution is 0.702. The van der Waals surface area contributed by atoms with E-state index in [1.54, 1.807) is 0 Å². The van der Waals surface area contributed by atoms with Crippen LogP contribution in [0.1, 0.15) is 66.2 Å². The second-order valence-corrected chi connectivity index (χ2v) is 4.58. The second-order valence-electron chi connectivity index (χ2n) is 4.58. The molecule has 0 spiro atoms. The van der Waals surface area contributed by atoms with E-state index in [9.17, 15) is 0 Å². The Balaban J connectivity index is 0. The number of rotatable bonds is 5. The molecule has 1 heterocycles. The molecule has 0 fully saturated rings. The van der Waals surface area contributed by atoms with Crippen molar-refractivity contribution in [1.29, 1.82) is 0 Å². The first-order chi connectivity index (χ1) is 8.67.